The van der Waals surface area contributed by atoms with Gasteiger partial charge < -0.3 is 10.6 Å². The normalized spacial score (nSPS) is 11.4. The number of carbonyl (C=O) groups excluding carboxylic acids is 1. The molecule has 0 aliphatic carbocycles. The number of alkyl halides is 3. The molecule has 0 bridgehead atoms. The maximum absolute atomic E-state index is 12.9. The molecule has 28 heavy (non-hydrogen) atoms. The van der Waals surface area contributed by atoms with Crippen molar-refractivity contribution >= 4 is 52.2 Å². The van der Waals surface area contributed by atoms with Gasteiger partial charge in [0, 0.05) is 16.3 Å². The number of benzene rings is 2. The number of amides is 2. The van der Waals surface area contributed by atoms with Gasteiger partial charge in [-0.15, -0.1) is 10.2 Å². The van der Waals surface area contributed by atoms with Gasteiger partial charge >= 0.3 is 12.2 Å². The molecule has 0 spiro atoms. The summed E-state index contributed by atoms with van der Waals surface area (Å²) in [5.41, 5.74) is -0.854. The summed E-state index contributed by atoms with van der Waals surface area (Å²) in [6.45, 7) is 0. The number of H-pyrrole nitrogens is 1. The third kappa shape index (κ3) is 4.46. The van der Waals surface area contributed by atoms with E-state index in [1.54, 1.807) is 0 Å². The van der Waals surface area contributed by atoms with Crippen LogP contribution >= 0.6 is 34.8 Å². The minimum Gasteiger partial charge on any atom is -0.308 e. The van der Waals surface area contributed by atoms with Crippen molar-refractivity contribution in [3.05, 3.63) is 51.0 Å². The lowest BCUT2D eigenvalue weighted by Crippen LogP contribution is -2.20. The Labute approximate surface area is 170 Å². The van der Waals surface area contributed by atoms with Crippen LogP contribution in [-0.2, 0) is 6.18 Å². The molecule has 3 N–H and O–H groups in total. The van der Waals surface area contributed by atoms with Crippen LogP contribution < -0.4 is 10.6 Å². The third-order valence-electron chi connectivity index (χ3n) is 3.41. The Morgan fingerprint density at radius 2 is 1.79 bits per heavy atom. The van der Waals surface area contributed by atoms with Gasteiger partial charge in [0.25, 0.3) is 0 Å². The zero-order valence-corrected chi connectivity index (χ0v) is 15.7. The first-order valence-corrected chi connectivity index (χ1v) is 8.46. The van der Waals surface area contributed by atoms with Gasteiger partial charge in [-0.3, -0.25) is 0 Å². The fourth-order valence-corrected chi connectivity index (χ4v) is 3.01. The van der Waals surface area contributed by atoms with Gasteiger partial charge in [-0.25, -0.2) is 4.79 Å². The molecule has 1 heterocycles. The Morgan fingerprint density at radius 1 is 1.04 bits per heavy atom. The lowest BCUT2D eigenvalue weighted by molar-refractivity contribution is -0.137. The number of nitrogens with one attached hydrogen (secondary N) is 3. The van der Waals surface area contributed by atoms with Crippen LogP contribution in [-0.4, -0.2) is 26.7 Å². The quantitative estimate of drug-likeness (QED) is 0.491. The summed E-state index contributed by atoms with van der Waals surface area (Å²) < 4.78 is 38.8. The number of halogens is 6. The lowest BCUT2D eigenvalue weighted by atomic mass is 10.1. The van der Waals surface area contributed by atoms with E-state index in [4.69, 9.17) is 34.8 Å². The molecule has 0 atom stereocenters. The minimum atomic E-state index is -4.67. The fourth-order valence-electron chi connectivity index (χ4n) is 2.25. The van der Waals surface area contributed by atoms with E-state index < -0.39 is 22.8 Å². The van der Waals surface area contributed by atoms with Crippen molar-refractivity contribution in [1.82, 2.24) is 20.6 Å². The van der Waals surface area contributed by atoms with Crippen LogP contribution in [0.1, 0.15) is 5.56 Å². The molecule has 2 aromatic carbocycles. The van der Waals surface area contributed by atoms with Gasteiger partial charge in [0.05, 0.1) is 21.3 Å². The second kappa shape index (κ2) is 7.82. The molecule has 3 aromatic rings. The highest BCUT2D eigenvalue weighted by Gasteiger charge is 2.33. The zero-order chi connectivity index (χ0) is 20.5. The molecule has 0 aliphatic heterocycles. The fraction of sp³-hybridized carbons (Fsp3) is 0.0667. The monoisotopic (exact) mass is 450 g/mol. The van der Waals surface area contributed by atoms with Crippen LogP contribution in [0.5, 0.6) is 0 Å². The van der Waals surface area contributed by atoms with Crippen molar-refractivity contribution in [3.8, 4) is 11.4 Å². The molecule has 3 rings (SSSR count). The van der Waals surface area contributed by atoms with E-state index in [1.165, 1.54) is 18.2 Å². The molecule has 7 nitrogen and oxygen atoms in total. The van der Waals surface area contributed by atoms with Gasteiger partial charge in [0.1, 0.15) is 0 Å². The van der Waals surface area contributed by atoms with Crippen molar-refractivity contribution in [2.75, 3.05) is 10.6 Å². The van der Waals surface area contributed by atoms with Crippen LogP contribution in [0.25, 0.3) is 11.4 Å². The summed E-state index contributed by atoms with van der Waals surface area (Å²) in [5.74, 6) is 0.102. The number of nitrogens with zero attached hydrogens (tertiary/aromatic N) is 3. The van der Waals surface area contributed by atoms with Gasteiger partial charge in [0.15, 0.2) is 0 Å². The number of tetrazole rings is 1. The largest absolute Gasteiger partial charge is 0.417 e. The molecule has 146 valence electrons. The molecule has 13 heteroatoms. The molecule has 0 fully saturated rings. The first-order valence-electron chi connectivity index (χ1n) is 7.33. The molecule has 2 amide bonds. The van der Waals surface area contributed by atoms with E-state index in [2.05, 4.69) is 31.3 Å². The molecular formula is C15H8Cl3F3N6O. The number of rotatable bonds is 3. The van der Waals surface area contributed by atoms with Crippen molar-refractivity contribution < 1.29 is 18.0 Å². The van der Waals surface area contributed by atoms with Crippen molar-refractivity contribution in [2.45, 2.75) is 6.18 Å². The van der Waals surface area contributed by atoms with Crippen molar-refractivity contribution in [1.29, 1.82) is 0 Å². The molecule has 0 aliphatic rings. The van der Waals surface area contributed by atoms with Crippen LogP contribution in [0.2, 0.25) is 15.1 Å². The van der Waals surface area contributed by atoms with Crippen LogP contribution in [0, 0.1) is 0 Å². The summed E-state index contributed by atoms with van der Waals surface area (Å²) in [4.78, 5) is 12.3. The SMILES string of the molecule is O=C(Nc1ccc(Cl)c(C(F)(F)F)c1)Nc1c(Cl)cc(Cl)cc1-c1nn[nH]n1. The predicted molar refractivity (Wildman–Crippen MR) is 98.7 cm³/mol. The summed E-state index contributed by atoms with van der Waals surface area (Å²) in [6.07, 6.45) is -4.67. The van der Waals surface area contributed by atoms with Crippen molar-refractivity contribution in [3.63, 3.8) is 0 Å². The van der Waals surface area contributed by atoms with Crippen LogP contribution in [0.4, 0.5) is 29.3 Å². The molecule has 0 unspecified atom stereocenters. The average molecular weight is 452 g/mol. The summed E-state index contributed by atoms with van der Waals surface area (Å²) in [5, 5.41) is 17.8. The van der Waals surface area contributed by atoms with Gasteiger partial charge in [-0.1, -0.05) is 34.8 Å². The third-order valence-corrected chi connectivity index (χ3v) is 4.26. The standard InChI is InChI=1S/C15H8Cl3F3N6O/c16-6-3-8(13-24-26-27-25-13)12(11(18)4-6)23-14(28)22-7-1-2-10(17)9(5-7)15(19,20)21/h1-5H,(H2,22,23,28)(H,24,25,26,27). The number of anilines is 2. The Hall–Kier alpha value is -2.56. The minimum absolute atomic E-state index is 0.0644. The Balaban J connectivity index is 1.87. The summed E-state index contributed by atoms with van der Waals surface area (Å²) in [7, 11) is 0. The zero-order valence-electron chi connectivity index (χ0n) is 13.4. The summed E-state index contributed by atoms with van der Waals surface area (Å²) in [6, 6.07) is 4.92. The highest BCUT2D eigenvalue weighted by Crippen LogP contribution is 2.37. The molecule has 0 saturated heterocycles. The number of urea groups is 1. The van der Waals surface area contributed by atoms with E-state index >= 15 is 0 Å². The van der Waals surface area contributed by atoms with E-state index in [0.717, 1.165) is 6.07 Å². The topological polar surface area (TPSA) is 95.6 Å². The number of aromatic nitrogens is 4. The first kappa shape index (κ1) is 20.2. The first-order chi connectivity index (χ1) is 13.1. The number of carbonyl (C=O) groups is 1. The maximum atomic E-state index is 12.9. The predicted octanol–water partition coefficient (Wildman–Crippen LogP) is 5.49. The molecule has 0 radical (unpaired) electrons. The van der Waals surface area contributed by atoms with E-state index in [0.29, 0.717) is 6.07 Å². The highest BCUT2D eigenvalue weighted by atomic mass is 35.5. The van der Waals surface area contributed by atoms with Crippen molar-refractivity contribution in [2.24, 2.45) is 0 Å². The Kier molecular flexibility index (Phi) is 5.64. The Morgan fingerprint density at radius 3 is 2.43 bits per heavy atom. The maximum Gasteiger partial charge on any atom is 0.417 e. The molecule has 0 saturated carbocycles. The molecule has 1 aromatic heterocycles. The lowest BCUT2D eigenvalue weighted by Gasteiger charge is -2.14. The average Bonchev–Trinajstić information content (AvgIpc) is 3.12. The van der Waals surface area contributed by atoms with Gasteiger partial charge in [-0.05, 0) is 35.5 Å². The van der Waals surface area contributed by atoms with Crippen LogP contribution in [0.15, 0.2) is 30.3 Å². The highest BCUT2D eigenvalue weighted by molar-refractivity contribution is 6.37. The van der Waals surface area contributed by atoms with E-state index in [9.17, 15) is 18.0 Å². The van der Waals surface area contributed by atoms with E-state index in [-0.39, 0.29) is 32.8 Å². The number of hydrogen-bond acceptors (Lipinski definition) is 4. The van der Waals surface area contributed by atoms with Crippen LogP contribution in [0.3, 0.4) is 0 Å². The second-order valence-corrected chi connectivity index (χ2v) is 6.57. The van der Waals surface area contributed by atoms with E-state index in [1.807, 2.05) is 0 Å². The second-order valence-electron chi connectivity index (χ2n) is 5.32. The molecular weight excluding hydrogens is 444 g/mol. The number of hydrogen-bond donors (Lipinski definition) is 3. The van der Waals surface area contributed by atoms with Gasteiger partial charge in [-0.2, -0.15) is 18.4 Å². The number of aromatic amines is 1. The smallest absolute Gasteiger partial charge is 0.308 e. The summed E-state index contributed by atoms with van der Waals surface area (Å²) >= 11 is 17.6. The van der Waals surface area contributed by atoms with Gasteiger partial charge in [0.2, 0.25) is 5.82 Å². The Bertz CT molecular complexity index is 1030.